The molecule has 6 heteroatoms. The van der Waals surface area contributed by atoms with Crippen molar-refractivity contribution in [3.63, 3.8) is 0 Å². The highest BCUT2D eigenvalue weighted by Crippen LogP contribution is 2.23. The Kier molecular flexibility index (Phi) is 4.37. The van der Waals surface area contributed by atoms with E-state index in [0.29, 0.717) is 17.9 Å². The monoisotopic (exact) mass is 299 g/mol. The maximum atomic E-state index is 12.0. The third kappa shape index (κ3) is 3.44. The van der Waals surface area contributed by atoms with E-state index >= 15 is 0 Å². The van der Waals surface area contributed by atoms with E-state index in [1.54, 1.807) is 30.2 Å². The molecule has 0 aliphatic heterocycles. The first-order valence-corrected chi connectivity index (χ1v) is 7.68. The van der Waals surface area contributed by atoms with Gasteiger partial charge in [0, 0.05) is 37.7 Å². The first-order chi connectivity index (χ1) is 10.7. The molecule has 2 heterocycles. The van der Waals surface area contributed by atoms with Gasteiger partial charge in [-0.25, -0.2) is 9.97 Å². The third-order valence-corrected chi connectivity index (χ3v) is 4.10. The standard InChI is InChI=1S/C16H21N5O/c1-21-11-10-18-15(16(21)22)20-13-7-5-12(6-8-13)19-14-4-2-3-9-17-14/h2-4,9-13H,5-8H2,1H3,(H,17,19)(H,18,20). The maximum absolute atomic E-state index is 12.0. The van der Waals surface area contributed by atoms with Crippen molar-refractivity contribution in [3.8, 4) is 0 Å². The summed E-state index contributed by atoms with van der Waals surface area (Å²) in [4.78, 5) is 20.4. The molecule has 0 spiro atoms. The minimum Gasteiger partial charge on any atom is -0.367 e. The molecule has 1 aliphatic rings. The minimum atomic E-state index is -0.0729. The van der Waals surface area contributed by atoms with E-state index in [2.05, 4.69) is 20.6 Å². The van der Waals surface area contributed by atoms with E-state index in [1.165, 1.54) is 0 Å². The molecule has 0 radical (unpaired) electrons. The van der Waals surface area contributed by atoms with Crippen molar-refractivity contribution < 1.29 is 0 Å². The van der Waals surface area contributed by atoms with Crippen molar-refractivity contribution in [2.24, 2.45) is 7.05 Å². The van der Waals surface area contributed by atoms with Crippen molar-refractivity contribution in [3.05, 3.63) is 47.1 Å². The molecule has 1 aliphatic carbocycles. The van der Waals surface area contributed by atoms with Crippen molar-refractivity contribution in [2.45, 2.75) is 37.8 Å². The van der Waals surface area contributed by atoms with Gasteiger partial charge in [-0.1, -0.05) is 6.07 Å². The van der Waals surface area contributed by atoms with Crippen molar-refractivity contribution in [1.82, 2.24) is 14.5 Å². The lowest BCUT2D eigenvalue weighted by Gasteiger charge is -2.30. The number of aromatic nitrogens is 3. The van der Waals surface area contributed by atoms with Crippen molar-refractivity contribution in [1.29, 1.82) is 0 Å². The van der Waals surface area contributed by atoms with Gasteiger partial charge >= 0.3 is 0 Å². The molecule has 1 fully saturated rings. The van der Waals surface area contributed by atoms with Gasteiger partial charge in [-0.05, 0) is 37.8 Å². The Hall–Kier alpha value is -2.37. The highest BCUT2D eigenvalue weighted by Gasteiger charge is 2.22. The molecule has 0 amide bonds. The summed E-state index contributed by atoms with van der Waals surface area (Å²) in [5.74, 6) is 1.38. The molecule has 2 aromatic rings. The van der Waals surface area contributed by atoms with Crippen LogP contribution in [0.4, 0.5) is 11.6 Å². The average molecular weight is 299 g/mol. The van der Waals surface area contributed by atoms with Gasteiger partial charge in [0.1, 0.15) is 5.82 Å². The van der Waals surface area contributed by atoms with Gasteiger partial charge in [-0.2, -0.15) is 0 Å². The molecule has 1 saturated carbocycles. The van der Waals surface area contributed by atoms with Crippen LogP contribution in [-0.4, -0.2) is 26.6 Å². The molecular formula is C16H21N5O. The largest absolute Gasteiger partial charge is 0.367 e. The van der Waals surface area contributed by atoms with E-state index in [1.807, 2.05) is 18.2 Å². The molecule has 0 bridgehead atoms. The Morgan fingerprint density at radius 3 is 2.45 bits per heavy atom. The highest BCUT2D eigenvalue weighted by atomic mass is 16.1. The summed E-state index contributed by atoms with van der Waals surface area (Å²) in [5.41, 5.74) is -0.0729. The zero-order valence-electron chi connectivity index (χ0n) is 12.7. The lowest BCUT2D eigenvalue weighted by molar-refractivity contribution is 0.427. The summed E-state index contributed by atoms with van der Waals surface area (Å²) in [7, 11) is 1.74. The van der Waals surface area contributed by atoms with Crippen molar-refractivity contribution in [2.75, 3.05) is 10.6 Å². The lowest BCUT2D eigenvalue weighted by atomic mass is 9.91. The van der Waals surface area contributed by atoms with E-state index < -0.39 is 0 Å². The van der Waals surface area contributed by atoms with Gasteiger partial charge in [0.2, 0.25) is 0 Å². The van der Waals surface area contributed by atoms with Gasteiger partial charge in [0.05, 0.1) is 0 Å². The van der Waals surface area contributed by atoms with Crippen LogP contribution < -0.4 is 16.2 Å². The third-order valence-electron chi connectivity index (χ3n) is 4.10. The molecule has 0 atom stereocenters. The van der Waals surface area contributed by atoms with Crippen LogP contribution in [0, 0.1) is 0 Å². The summed E-state index contributed by atoms with van der Waals surface area (Å²) >= 11 is 0. The predicted octanol–water partition coefficient (Wildman–Crippen LogP) is 2.01. The van der Waals surface area contributed by atoms with E-state index in [4.69, 9.17) is 0 Å². The van der Waals surface area contributed by atoms with Crippen LogP contribution in [0.1, 0.15) is 25.7 Å². The molecule has 22 heavy (non-hydrogen) atoms. The smallest absolute Gasteiger partial charge is 0.293 e. The second kappa shape index (κ2) is 6.60. The molecule has 116 valence electrons. The first kappa shape index (κ1) is 14.6. The number of aryl methyl sites for hydroxylation is 1. The summed E-state index contributed by atoms with van der Waals surface area (Å²) in [6.07, 6.45) is 9.27. The van der Waals surface area contributed by atoms with E-state index in [-0.39, 0.29) is 5.56 Å². The van der Waals surface area contributed by atoms with E-state index in [9.17, 15) is 4.79 Å². The topological polar surface area (TPSA) is 71.8 Å². The van der Waals surface area contributed by atoms with E-state index in [0.717, 1.165) is 31.5 Å². The molecule has 0 saturated heterocycles. The fourth-order valence-electron chi connectivity index (χ4n) is 2.83. The average Bonchev–Trinajstić information content (AvgIpc) is 2.55. The van der Waals surface area contributed by atoms with Crippen LogP contribution in [0.5, 0.6) is 0 Å². The van der Waals surface area contributed by atoms with Crippen LogP contribution in [0.15, 0.2) is 41.6 Å². The zero-order valence-corrected chi connectivity index (χ0v) is 12.7. The SMILES string of the molecule is Cn1ccnc(NC2CCC(Nc3ccccn3)CC2)c1=O. The highest BCUT2D eigenvalue weighted by molar-refractivity contribution is 5.35. The Morgan fingerprint density at radius 1 is 1.05 bits per heavy atom. The van der Waals surface area contributed by atoms with Crippen LogP contribution in [-0.2, 0) is 7.05 Å². The van der Waals surface area contributed by atoms with Crippen LogP contribution >= 0.6 is 0 Å². The summed E-state index contributed by atoms with van der Waals surface area (Å²) < 4.78 is 1.55. The quantitative estimate of drug-likeness (QED) is 0.903. The fourth-order valence-corrected chi connectivity index (χ4v) is 2.83. The molecular weight excluding hydrogens is 278 g/mol. The number of hydrogen-bond donors (Lipinski definition) is 2. The maximum Gasteiger partial charge on any atom is 0.293 e. The Morgan fingerprint density at radius 2 is 1.77 bits per heavy atom. The summed E-state index contributed by atoms with van der Waals surface area (Å²) in [5, 5.41) is 6.75. The summed E-state index contributed by atoms with van der Waals surface area (Å²) in [6.45, 7) is 0. The van der Waals surface area contributed by atoms with Gasteiger partial charge in [-0.3, -0.25) is 4.79 Å². The van der Waals surface area contributed by atoms with Gasteiger partial charge < -0.3 is 15.2 Å². The summed E-state index contributed by atoms with van der Waals surface area (Å²) in [6, 6.07) is 6.64. The van der Waals surface area contributed by atoms with Crippen molar-refractivity contribution >= 4 is 11.6 Å². The molecule has 0 unspecified atom stereocenters. The molecule has 2 N–H and O–H groups in total. The Labute approximate surface area is 129 Å². The molecule has 3 rings (SSSR count). The second-order valence-electron chi connectivity index (χ2n) is 5.74. The minimum absolute atomic E-state index is 0.0729. The van der Waals surface area contributed by atoms with Crippen LogP contribution in [0.2, 0.25) is 0 Å². The number of anilines is 2. The van der Waals surface area contributed by atoms with Gasteiger partial charge in [0.15, 0.2) is 5.82 Å². The first-order valence-electron chi connectivity index (χ1n) is 7.68. The number of nitrogens with zero attached hydrogens (tertiary/aromatic N) is 3. The number of pyridine rings is 1. The zero-order chi connectivity index (χ0) is 15.4. The Balaban J connectivity index is 1.54. The lowest BCUT2D eigenvalue weighted by Crippen LogP contribution is -2.35. The Bertz CT molecular complexity index is 662. The van der Waals surface area contributed by atoms with Gasteiger partial charge in [0.25, 0.3) is 5.56 Å². The second-order valence-corrected chi connectivity index (χ2v) is 5.74. The van der Waals surface area contributed by atoms with Crippen LogP contribution in [0.3, 0.4) is 0 Å². The predicted molar refractivity (Wildman–Crippen MR) is 87.0 cm³/mol. The fraction of sp³-hybridized carbons (Fsp3) is 0.438. The molecule has 6 nitrogen and oxygen atoms in total. The number of hydrogen-bond acceptors (Lipinski definition) is 5. The molecule has 0 aromatic carbocycles. The molecule has 2 aromatic heterocycles. The van der Waals surface area contributed by atoms with Gasteiger partial charge in [-0.15, -0.1) is 0 Å². The number of rotatable bonds is 4. The number of nitrogens with one attached hydrogen (secondary N) is 2. The van der Waals surface area contributed by atoms with Crippen LogP contribution in [0.25, 0.3) is 0 Å². The normalized spacial score (nSPS) is 21.3.